The lowest BCUT2D eigenvalue weighted by Gasteiger charge is -2.21. The van der Waals surface area contributed by atoms with Gasteiger partial charge >= 0.3 is 0 Å². The average Bonchev–Trinajstić information content (AvgIpc) is 2.60. The molecule has 25 heavy (non-hydrogen) atoms. The van der Waals surface area contributed by atoms with Crippen molar-refractivity contribution in [3.8, 4) is 5.75 Å². The molecule has 0 amide bonds. The highest BCUT2D eigenvalue weighted by Crippen LogP contribution is 2.36. The van der Waals surface area contributed by atoms with Crippen LogP contribution in [-0.2, 0) is 0 Å². The quantitative estimate of drug-likeness (QED) is 0.488. The van der Waals surface area contributed by atoms with Gasteiger partial charge in [-0.25, -0.2) is 4.99 Å². The third-order valence-electron chi connectivity index (χ3n) is 4.09. The van der Waals surface area contributed by atoms with Crippen LogP contribution in [-0.4, -0.2) is 16.6 Å². The van der Waals surface area contributed by atoms with Gasteiger partial charge in [0.05, 0.1) is 22.0 Å². The molecule has 0 fully saturated rings. The van der Waals surface area contributed by atoms with Gasteiger partial charge in [-0.15, -0.1) is 0 Å². The van der Waals surface area contributed by atoms with E-state index in [0.717, 1.165) is 0 Å². The minimum atomic E-state index is -0.136. The van der Waals surface area contributed by atoms with Gasteiger partial charge < -0.3 is 5.11 Å². The van der Waals surface area contributed by atoms with Crippen molar-refractivity contribution in [2.75, 3.05) is 0 Å². The number of hydrogen-bond donors (Lipinski definition) is 1. The lowest BCUT2D eigenvalue weighted by atomic mass is 9.83. The summed E-state index contributed by atoms with van der Waals surface area (Å²) >= 11 is 12.2. The number of carbonyl (C=O) groups is 1. The molecule has 3 aromatic carbocycles. The molecule has 1 aliphatic carbocycles. The van der Waals surface area contributed by atoms with E-state index in [1.807, 2.05) is 12.1 Å². The van der Waals surface area contributed by atoms with Crippen molar-refractivity contribution in [3.63, 3.8) is 0 Å². The monoisotopic (exact) mass is 367 g/mol. The van der Waals surface area contributed by atoms with Crippen molar-refractivity contribution >= 4 is 40.4 Å². The Bertz CT molecular complexity index is 1060. The molecule has 0 heterocycles. The van der Waals surface area contributed by atoms with Crippen molar-refractivity contribution < 1.29 is 9.90 Å². The Morgan fingerprint density at radius 3 is 2.32 bits per heavy atom. The maximum absolute atomic E-state index is 12.8. The van der Waals surface area contributed by atoms with Crippen LogP contribution in [0.15, 0.2) is 65.7 Å². The van der Waals surface area contributed by atoms with E-state index in [-0.39, 0.29) is 11.5 Å². The van der Waals surface area contributed by atoms with Gasteiger partial charge in [-0.05, 0) is 24.3 Å². The number of carbonyl (C=O) groups excluding carboxylic acids is 1. The second-order valence-corrected chi connectivity index (χ2v) is 6.47. The molecule has 5 heteroatoms. The molecule has 0 radical (unpaired) electrons. The van der Waals surface area contributed by atoms with Crippen molar-refractivity contribution in [3.05, 3.63) is 93.0 Å². The number of ketones is 1. The van der Waals surface area contributed by atoms with Gasteiger partial charge in [0.2, 0.25) is 0 Å². The average molecular weight is 368 g/mol. The summed E-state index contributed by atoms with van der Waals surface area (Å²) in [7, 11) is 0. The molecule has 122 valence electrons. The van der Waals surface area contributed by atoms with Gasteiger partial charge in [-0.3, -0.25) is 4.79 Å². The second kappa shape index (κ2) is 6.03. The normalized spacial score (nSPS) is 14.3. The standard InChI is InChI=1S/C20H11Cl2NO2/c21-11-8-9-16(15(22)10-11)23-19-12-4-1-2-5-13(12)20(25)14-6-3-7-17(24)18(14)19/h1-10,24H. The zero-order chi connectivity index (χ0) is 17.6. The van der Waals surface area contributed by atoms with E-state index in [9.17, 15) is 9.90 Å². The first kappa shape index (κ1) is 15.9. The molecular weight excluding hydrogens is 357 g/mol. The largest absolute Gasteiger partial charge is 0.507 e. The molecule has 1 N–H and O–H groups in total. The molecule has 1 aliphatic rings. The SMILES string of the molecule is O=C1c2ccccc2C(=Nc2ccc(Cl)cc2Cl)c2c(O)cccc21. The highest BCUT2D eigenvalue weighted by molar-refractivity contribution is 6.37. The minimum Gasteiger partial charge on any atom is -0.507 e. The van der Waals surface area contributed by atoms with Crippen molar-refractivity contribution in [2.45, 2.75) is 0 Å². The molecule has 0 saturated carbocycles. The smallest absolute Gasteiger partial charge is 0.194 e. The maximum atomic E-state index is 12.8. The van der Waals surface area contributed by atoms with Crippen LogP contribution < -0.4 is 0 Å². The van der Waals surface area contributed by atoms with E-state index in [1.165, 1.54) is 0 Å². The Labute approximate surface area is 154 Å². The zero-order valence-electron chi connectivity index (χ0n) is 12.8. The number of fused-ring (bicyclic) bond motifs is 2. The lowest BCUT2D eigenvalue weighted by Crippen LogP contribution is -2.21. The van der Waals surface area contributed by atoms with Crippen LogP contribution in [0.3, 0.4) is 0 Å². The molecule has 0 unspecified atom stereocenters. The van der Waals surface area contributed by atoms with Crippen molar-refractivity contribution in [2.24, 2.45) is 4.99 Å². The number of halogens is 2. The van der Waals surface area contributed by atoms with Gasteiger partial charge in [0.25, 0.3) is 0 Å². The molecule has 0 spiro atoms. The fraction of sp³-hybridized carbons (Fsp3) is 0. The summed E-state index contributed by atoms with van der Waals surface area (Å²) in [6, 6.07) is 17.1. The minimum absolute atomic E-state index is 0.00388. The summed E-state index contributed by atoms with van der Waals surface area (Å²) in [6.45, 7) is 0. The number of hydrogen-bond acceptors (Lipinski definition) is 3. The van der Waals surface area contributed by atoms with Gasteiger partial charge in [0.15, 0.2) is 5.78 Å². The van der Waals surface area contributed by atoms with E-state index in [1.54, 1.807) is 48.5 Å². The van der Waals surface area contributed by atoms with Crippen molar-refractivity contribution in [1.29, 1.82) is 0 Å². The number of aromatic hydroxyl groups is 1. The number of rotatable bonds is 1. The highest BCUT2D eigenvalue weighted by atomic mass is 35.5. The molecule has 0 atom stereocenters. The molecule has 0 aromatic heterocycles. The highest BCUT2D eigenvalue weighted by Gasteiger charge is 2.30. The van der Waals surface area contributed by atoms with E-state index in [0.29, 0.717) is 43.7 Å². The van der Waals surface area contributed by atoms with Crippen LogP contribution in [0.25, 0.3) is 0 Å². The molecule has 0 saturated heterocycles. The Hall–Kier alpha value is -2.62. The third-order valence-corrected chi connectivity index (χ3v) is 4.63. The fourth-order valence-corrected chi connectivity index (χ4v) is 3.40. The second-order valence-electron chi connectivity index (χ2n) is 5.63. The Morgan fingerprint density at radius 1 is 0.840 bits per heavy atom. The molecule has 3 aromatic rings. The van der Waals surface area contributed by atoms with Crippen LogP contribution in [0.5, 0.6) is 5.75 Å². The van der Waals surface area contributed by atoms with Crippen LogP contribution >= 0.6 is 23.2 Å². The first-order chi connectivity index (χ1) is 12.1. The summed E-state index contributed by atoms with van der Waals surface area (Å²) < 4.78 is 0. The van der Waals surface area contributed by atoms with Crippen LogP contribution in [0.4, 0.5) is 5.69 Å². The molecule has 4 rings (SSSR count). The molecule has 0 bridgehead atoms. The number of aliphatic imine (C=N–C) groups is 1. The first-order valence-corrected chi connectivity index (χ1v) is 8.32. The zero-order valence-corrected chi connectivity index (χ0v) is 14.3. The predicted octanol–water partition coefficient (Wildman–Crippen LogP) is 5.41. The fourth-order valence-electron chi connectivity index (χ4n) is 2.95. The number of nitrogens with zero attached hydrogens (tertiary/aromatic N) is 1. The third kappa shape index (κ3) is 2.62. The van der Waals surface area contributed by atoms with Gasteiger partial charge in [-0.1, -0.05) is 59.6 Å². The summed E-state index contributed by atoms with van der Waals surface area (Å²) in [5.41, 5.74) is 3.06. The van der Waals surface area contributed by atoms with Crippen LogP contribution in [0.2, 0.25) is 10.0 Å². The van der Waals surface area contributed by atoms with Crippen LogP contribution in [0, 0.1) is 0 Å². The van der Waals surface area contributed by atoms with E-state index in [2.05, 4.69) is 4.99 Å². The predicted molar refractivity (Wildman–Crippen MR) is 99.7 cm³/mol. The topological polar surface area (TPSA) is 49.7 Å². The van der Waals surface area contributed by atoms with Gasteiger partial charge in [0, 0.05) is 21.7 Å². The van der Waals surface area contributed by atoms with E-state index in [4.69, 9.17) is 23.2 Å². The number of phenolic OH excluding ortho intramolecular Hbond substituents is 1. The van der Waals surface area contributed by atoms with Crippen LogP contribution in [0.1, 0.15) is 27.0 Å². The Balaban J connectivity index is 2.04. The number of phenols is 1. The lowest BCUT2D eigenvalue weighted by molar-refractivity contribution is 0.103. The molecule has 0 aliphatic heterocycles. The summed E-state index contributed by atoms with van der Waals surface area (Å²) in [5, 5.41) is 11.3. The Kier molecular flexibility index (Phi) is 3.83. The molecule has 3 nitrogen and oxygen atoms in total. The maximum Gasteiger partial charge on any atom is 0.194 e. The number of benzene rings is 3. The molecular formula is C20H11Cl2NO2. The van der Waals surface area contributed by atoms with Crippen molar-refractivity contribution in [1.82, 2.24) is 0 Å². The van der Waals surface area contributed by atoms with Gasteiger partial charge in [-0.2, -0.15) is 0 Å². The van der Waals surface area contributed by atoms with E-state index >= 15 is 0 Å². The summed E-state index contributed by atoms with van der Waals surface area (Å²) in [6.07, 6.45) is 0. The van der Waals surface area contributed by atoms with Gasteiger partial charge in [0.1, 0.15) is 5.75 Å². The Morgan fingerprint density at radius 2 is 1.56 bits per heavy atom. The van der Waals surface area contributed by atoms with E-state index < -0.39 is 0 Å². The summed E-state index contributed by atoms with van der Waals surface area (Å²) in [5.74, 6) is -0.133. The summed E-state index contributed by atoms with van der Waals surface area (Å²) in [4.78, 5) is 17.4. The first-order valence-electron chi connectivity index (χ1n) is 7.56.